The molecule has 0 heterocycles. The van der Waals surface area contributed by atoms with Crippen LogP contribution in [-0.2, 0) is 17.7 Å². The van der Waals surface area contributed by atoms with Gasteiger partial charge < -0.3 is 17.7 Å². The molecule has 0 amide bonds. The highest BCUT2D eigenvalue weighted by Crippen LogP contribution is 2.15. The van der Waals surface area contributed by atoms with Gasteiger partial charge in [0.25, 0.3) is 0 Å². The van der Waals surface area contributed by atoms with Crippen molar-refractivity contribution in [2.24, 2.45) is 0 Å². The van der Waals surface area contributed by atoms with Crippen LogP contribution in [0.4, 0.5) is 0 Å². The molecule has 0 atom stereocenters. The fraction of sp³-hybridized carbons (Fsp3) is 1.00. The van der Waals surface area contributed by atoms with E-state index in [0.717, 1.165) is 94.7 Å². The SMILES string of the molecule is CO[Si](OCCCCCCCl)(OCCCCCCCl)OCCCCCCCl. The van der Waals surface area contributed by atoms with E-state index in [1.54, 1.807) is 7.11 Å². The van der Waals surface area contributed by atoms with Gasteiger partial charge in [0.2, 0.25) is 0 Å². The lowest BCUT2D eigenvalue weighted by atomic mass is 10.2. The van der Waals surface area contributed by atoms with Crippen molar-refractivity contribution in [3.05, 3.63) is 0 Å². The van der Waals surface area contributed by atoms with Gasteiger partial charge in [0.15, 0.2) is 0 Å². The lowest BCUT2D eigenvalue weighted by Gasteiger charge is -2.27. The molecule has 0 N–H and O–H groups in total. The van der Waals surface area contributed by atoms with Gasteiger partial charge in [-0.3, -0.25) is 0 Å². The summed E-state index contributed by atoms with van der Waals surface area (Å²) in [7, 11) is -1.43. The van der Waals surface area contributed by atoms with E-state index in [-0.39, 0.29) is 0 Å². The van der Waals surface area contributed by atoms with Crippen molar-refractivity contribution in [3.8, 4) is 0 Å². The number of alkyl halides is 3. The van der Waals surface area contributed by atoms with E-state index in [1.807, 2.05) is 0 Å². The number of halogens is 3. The Bertz CT molecular complexity index is 261. The minimum Gasteiger partial charge on any atom is -0.355 e. The van der Waals surface area contributed by atoms with Gasteiger partial charge in [0.1, 0.15) is 0 Å². The third-order valence-corrected chi connectivity index (χ3v) is 7.15. The van der Waals surface area contributed by atoms with Crippen molar-refractivity contribution < 1.29 is 17.7 Å². The third kappa shape index (κ3) is 17.5. The first-order chi connectivity index (χ1) is 13.2. The van der Waals surface area contributed by atoms with Crippen molar-refractivity contribution in [2.75, 3.05) is 44.6 Å². The first-order valence-corrected chi connectivity index (χ1v) is 13.6. The molecule has 0 aliphatic rings. The Morgan fingerprint density at radius 1 is 0.481 bits per heavy atom. The van der Waals surface area contributed by atoms with Crippen LogP contribution < -0.4 is 0 Å². The van der Waals surface area contributed by atoms with E-state index in [9.17, 15) is 0 Å². The zero-order valence-corrected chi connectivity index (χ0v) is 20.3. The molecule has 27 heavy (non-hydrogen) atoms. The molecule has 0 aliphatic carbocycles. The molecule has 0 aliphatic heterocycles. The van der Waals surface area contributed by atoms with E-state index in [2.05, 4.69) is 0 Å². The molecule has 0 unspecified atom stereocenters. The molecule has 0 saturated carbocycles. The second-order valence-electron chi connectivity index (χ2n) is 6.56. The molecule has 0 spiro atoms. The molecule has 8 heteroatoms. The van der Waals surface area contributed by atoms with Crippen LogP contribution in [0.25, 0.3) is 0 Å². The van der Waals surface area contributed by atoms with Gasteiger partial charge in [-0.05, 0) is 38.5 Å². The summed E-state index contributed by atoms with van der Waals surface area (Å²) in [6.07, 6.45) is 12.7. The Morgan fingerprint density at radius 2 is 0.778 bits per heavy atom. The Kier molecular flexibility index (Phi) is 22.4. The van der Waals surface area contributed by atoms with Crippen LogP contribution in [0.15, 0.2) is 0 Å². The lowest BCUT2D eigenvalue weighted by molar-refractivity contribution is -0.0246. The van der Waals surface area contributed by atoms with Crippen molar-refractivity contribution in [1.82, 2.24) is 0 Å². The molecule has 0 rings (SSSR count). The first kappa shape index (κ1) is 27.9. The summed E-state index contributed by atoms with van der Waals surface area (Å²) in [5.41, 5.74) is 0. The average molecular weight is 466 g/mol. The Labute approximate surface area is 183 Å². The Hall–Kier alpha value is 0.927. The van der Waals surface area contributed by atoms with Gasteiger partial charge in [0.05, 0.1) is 0 Å². The summed E-state index contributed by atoms with van der Waals surface area (Å²) in [6.45, 7) is 1.79. The summed E-state index contributed by atoms with van der Waals surface area (Å²) >= 11 is 17.1. The van der Waals surface area contributed by atoms with E-state index in [1.165, 1.54) is 0 Å². The fourth-order valence-corrected chi connectivity index (χ4v) is 4.90. The van der Waals surface area contributed by atoms with Crippen molar-refractivity contribution in [1.29, 1.82) is 0 Å². The van der Waals surface area contributed by atoms with Crippen LogP contribution in [0.2, 0.25) is 0 Å². The Balaban J connectivity index is 4.23. The summed E-state index contributed by atoms with van der Waals surface area (Å²) in [4.78, 5) is 0. The minimum absolute atomic E-state index is 0.598. The number of hydrogen-bond donors (Lipinski definition) is 0. The number of hydrogen-bond acceptors (Lipinski definition) is 4. The maximum Gasteiger partial charge on any atom is 0.679 e. The molecule has 164 valence electrons. The third-order valence-electron chi connectivity index (χ3n) is 4.17. The molecular formula is C19H39Cl3O4Si. The largest absolute Gasteiger partial charge is 0.679 e. The molecular weight excluding hydrogens is 427 g/mol. The maximum absolute atomic E-state index is 6.01. The van der Waals surface area contributed by atoms with Crippen LogP contribution in [0.5, 0.6) is 0 Å². The highest BCUT2D eigenvalue weighted by molar-refractivity contribution is 6.53. The normalized spacial score (nSPS) is 12.0. The zero-order chi connectivity index (χ0) is 20.1. The highest BCUT2D eigenvalue weighted by atomic mass is 35.5. The van der Waals surface area contributed by atoms with Crippen LogP contribution in [-0.4, -0.2) is 53.6 Å². The van der Waals surface area contributed by atoms with Gasteiger partial charge in [-0.1, -0.05) is 38.5 Å². The van der Waals surface area contributed by atoms with Gasteiger partial charge in [-0.25, -0.2) is 0 Å². The topological polar surface area (TPSA) is 36.9 Å². The van der Waals surface area contributed by atoms with Crippen molar-refractivity contribution in [2.45, 2.75) is 77.0 Å². The smallest absolute Gasteiger partial charge is 0.355 e. The second kappa shape index (κ2) is 21.6. The average Bonchev–Trinajstić information content (AvgIpc) is 2.69. The van der Waals surface area contributed by atoms with E-state index in [0.29, 0.717) is 19.8 Å². The van der Waals surface area contributed by atoms with Crippen molar-refractivity contribution in [3.63, 3.8) is 0 Å². The monoisotopic (exact) mass is 464 g/mol. The molecule has 0 saturated heterocycles. The standard InChI is InChI=1S/C19H39Cl3O4Si/c1-23-27(24-17-11-5-2-8-14-20,25-18-12-6-3-9-15-21)26-19-13-7-4-10-16-22/h2-19H2,1H3. The molecule has 0 aromatic heterocycles. The zero-order valence-electron chi connectivity index (χ0n) is 17.0. The predicted molar refractivity (Wildman–Crippen MR) is 118 cm³/mol. The summed E-state index contributed by atoms with van der Waals surface area (Å²) < 4.78 is 23.7. The van der Waals surface area contributed by atoms with Crippen LogP contribution >= 0.6 is 34.8 Å². The van der Waals surface area contributed by atoms with E-state index < -0.39 is 9.05 Å². The number of rotatable bonds is 22. The predicted octanol–water partition coefficient (Wildman–Crippen LogP) is 6.52. The van der Waals surface area contributed by atoms with Crippen LogP contribution in [0.3, 0.4) is 0 Å². The molecule has 4 nitrogen and oxygen atoms in total. The Morgan fingerprint density at radius 3 is 1.04 bits per heavy atom. The summed E-state index contributed by atoms with van der Waals surface area (Å²) in [6, 6.07) is 0. The highest BCUT2D eigenvalue weighted by Gasteiger charge is 2.44. The molecule has 0 fully saturated rings. The van der Waals surface area contributed by atoms with E-state index in [4.69, 9.17) is 52.5 Å². The lowest BCUT2D eigenvalue weighted by Crippen LogP contribution is -2.49. The summed E-state index contributed by atoms with van der Waals surface area (Å²) in [5.74, 6) is 2.16. The molecule has 0 aromatic rings. The number of unbranched alkanes of at least 4 members (excludes halogenated alkanes) is 9. The van der Waals surface area contributed by atoms with Crippen molar-refractivity contribution >= 4 is 43.9 Å². The minimum atomic E-state index is -3.05. The van der Waals surface area contributed by atoms with E-state index >= 15 is 0 Å². The van der Waals surface area contributed by atoms with Gasteiger partial charge >= 0.3 is 9.05 Å². The van der Waals surface area contributed by atoms with Gasteiger partial charge in [-0.2, -0.15) is 0 Å². The van der Waals surface area contributed by atoms with Crippen LogP contribution in [0.1, 0.15) is 77.0 Å². The first-order valence-electron chi connectivity index (χ1n) is 10.4. The fourth-order valence-electron chi connectivity index (χ4n) is 2.54. The van der Waals surface area contributed by atoms with Gasteiger partial charge in [0, 0.05) is 44.6 Å². The molecule has 0 bridgehead atoms. The second-order valence-corrected chi connectivity index (χ2v) is 9.97. The summed E-state index contributed by atoms with van der Waals surface area (Å²) in [5, 5.41) is 0. The van der Waals surface area contributed by atoms with Crippen LogP contribution in [0, 0.1) is 0 Å². The maximum atomic E-state index is 6.01. The molecule has 0 aromatic carbocycles. The quantitative estimate of drug-likeness (QED) is 0.104. The molecule has 0 radical (unpaired) electrons. The van der Waals surface area contributed by atoms with Gasteiger partial charge in [-0.15, -0.1) is 34.8 Å².